The number of aliphatic hydroxyl groups is 1. The van der Waals surface area contributed by atoms with Crippen molar-refractivity contribution in [3.63, 3.8) is 0 Å². The molecule has 1 aliphatic rings. The summed E-state index contributed by atoms with van der Waals surface area (Å²) in [5.74, 6) is -4.50. The number of aliphatic hydroxyl groups excluding tert-OH is 1. The van der Waals surface area contributed by atoms with Crippen molar-refractivity contribution in [3.8, 4) is 5.75 Å². The van der Waals surface area contributed by atoms with E-state index in [9.17, 15) is 18.7 Å². The van der Waals surface area contributed by atoms with Crippen LogP contribution in [0.15, 0.2) is 54.7 Å². The van der Waals surface area contributed by atoms with Crippen LogP contribution in [0, 0.1) is 12.7 Å². The van der Waals surface area contributed by atoms with Gasteiger partial charge < -0.3 is 19.9 Å². The Labute approximate surface area is 223 Å². The SMILES string of the molecule is Cc1cc(Cl)cnc1C1(Oc2ccc(NC(=O)Cc3ccc(C(F)(F)C(C)O)cc3)cc2F)CCOCC1. The quantitative estimate of drug-likeness (QED) is 0.365. The van der Waals surface area contributed by atoms with E-state index in [4.69, 9.17) is 21.1 Å². The van der Waals surface area contributed by atoms with Crippen LogP contribution in [0.1, 0.15) is 42.1 Å². The Morgan fingerprint density at radius 1 is 1.21 bits per heavy atom. The Balaban J connectivity index is 1.45. The maximum Gasteiger partial charge on any atom is 0.298 e. The van der Waals surface area contributed by atoms with Gasteiger partial charge >= 0.3 is 0 Å². The van der Waals surface area contributed by atoms with Crippen LogP contribution in [0.5, 0.6) is 5.75 Å². The van der Waals surface area contributed by atoms with Crippen molar-refractivity contribution in [1.82, 2.24) is 4.98 Å². The number of aryl methyl sites for hydroxylation is 1. The molecule has 6 nitrogen and oxygen atoms in total. The Bertz CT molecular complexity index is 1300. The van der Waals surface area contributed by atoms with Gasteiger partial charge in [0.15, 0.2) is 17.2 Å². The number of ether oxygens (including phenoxy) is 2. The smallest absolute Gasteiger partial charge is 0.298 e. The van der Waals surface area contributed by atoms with E-state index in [1.165, 1.54) is 42.6 Å². The summed E-state index contributed by atoms with van der Waals surface area (Å²) in [6.45, 7) is 3.74. The largest absolute Gasteiger partial charge is 0.478 e. The van der Waals surface area contributed by atoms with Gasteiger partial charge in [-0.25, -0.2) is 4.39 Å². The van der Waals surface area contributed by atoms with Crippen LogP contribution >= 0.6 is 11.6 Å². The van der Waals surface area contributed by atoms with E-state index in [2.05, 4.69) is 10.3 Å². The molecule has 1 aliphatic heterocycles. The number of alkyl halides is 2. The summed E-state index contributed by atoms with van der Waals surface area (Å²) in [4.78, 5) is 17.0. The monoisotopic (exact) mass is 548 g/mol. The number of benzene rings is 2. The molecular formula is C28H28ClF3N2O4. The number of carbonyl (C=O) groups is 1. The Morgan fingerprint density at radius 3 is 2.50 bits per heavy atom. The summed E-state index contributed by atoms with van der Waals surface area (Å²) < 4.78 is 54.7. The van der Waals surface area contributed by atoms with E-state index in [-0.39, 0.29) is 23.4 Å². The fourth-order valence-corrected chi connectivity index (χ4v) is 4.67. The zero-order valence-corrected chi connectivity index (χ0v) is 21.7. The molecule has 1 fully saturated rings. The maximum absolute atomic E-state index is 15.1. The van der Waals surface area contributed by atoms with Crippen molar-refractivity contribution in [1.29, 1.82) is 0 Å². The van der Waals surface area contributed by atoms with Gasteiger partial charge in [-0.15, -0.1) is 0 Å². The highest BCUT2D eigenvalue weighted by Gasteiger charge is 2.40. The molecule has 0 bridgehead atoms. The normalized spacial score (nSPS) is 16.1. The summed E-state index contributed by atoms with van der Waals surface area (Å²) >= 11 is 6.07. The number of amides is 1. The number of nitrogens with zero attached hydrogens (tertiary/aromatic N) is 1. The van der Waals surface area contributed by atoms with Gasteiger partial charge in [0.1, 0.15) is 6.10 Å². The van der Waals surface area contributed by atoms with Crippen molar-refractivity contribution in [2.45, 2.75) is 50.7 Å². The average Bonchev–Trinajstić information content (AvgIpc) is 2.86. The van der Waals surface area contributed by atoms with E-state index in [0.29, 0.717) is 42.3 Å². The molecule has 0 saturated carbocycles. The van der Waals surface area contributed by atoms with Gasteiger partial charge in [0.25, 0.3) is 5.92 Å². The number of aromatic nitrogens is 1. The average molecular weight is 549 g/mol. The van der Waals surface area contributed by atoms with Crippen molar-refractivity contribution in [2.24, 2.45) is 0 Å². The number of carbonyl (C=O) groups excluding carboxylic acids is 1. The Kier molecular flexibility index (Phi) is 8.30. The van der Waals surface area contributed by atoms with Gasteiger partial charge in [-0.3, -0.25) is 9.78 Å². The predicted octanol–water partition coefficient (Wildman–Crippen LogP) is 5.92. The number of pyridine rings is 1. The molecule has 38 heavy (non-hydrogen) atoms. The van der Waals surface area contributed by atoms with E-state index in [1.54, 1.807) is 6.07 Å². The number of rotatable bonds is 8. The molecule has 1 unspecified atom stereocenters. The minimum absolute atomic E-state index is 0.00989. The van der Waals surface area contributed by atoms with Gasteiger partial charge in [0, 0.05) is 36.4 Å². The minimum Gasteiger partial charge on any atom is -0.478 e. The van der Waals surface area contributed by atoms with Crippen molar-refractivity contribution in [2.75, 3.05) is 18.5 Å². The van der Waals surface area contributed by atoms with E-state index < -0.39 is 29.4 Å². The Hall–Kier alpha value is -3.14. The van der Waals surface area contributed by atoms with Gasteiger partial charge in [-0.2, -0.15) is 8.78 Å². The first-order valence-corrected chi connectivity index (χ1v) is 12.5. The first-order chi connectivity index (χ1) is 18.0. The lowest BCUT2D eigenvalue weighted by atomic mass is 9.87. The van der Waals surface area contributed by atoms with Crippen LogP contribution < -0.4 is 10.1 Å². The zero-order chi connectivity index (χ0) is 27.5. The first kappa shape index (κ1) is 27.9. The highest BCUT2D eigenvalue weighted by atomic mass is 35.5. The summed E-state index contributed by atoms with van der Waals surface area (Å²) in [6.07, 6.45) is 0.535. The summed E-state index contributed by atoms with van der Waals surface area (Å²) in [6, 6.07) is 11.0. The number of hydrogen-bond donors (Lipinski definition) is 2. The fourth-order valence-electron chi connectivity index (χ4n) is 4.45. The summed E-state index contributed by atoms with van der Waals surface area (Å²) in [7, 11) is 0. The molecule has 1 aromatic heterocycles. The van der Waals surface area contributed by atoms with Gasteiger partial charge in [0.2, 0.25) is 5.91 Å². The number of anilines is 1. The molecule has 3 aromatic rings. The second kappa shape index (κ2) is 11.3. The molecule has 4 rings (SSSR count). The van der Waals surface area contributed by atoms with E-state index in [1.807, 2.05) is 6.92 Å². The molecule has 1 atom stereocenters. The molecule has 10 heteroatoms. The third kappa shape index (κ3) is 6.11. The molecule has 2 N–H and O–H groups in total. The van der Waals surface area contributed by atoms with Crippen molar-refractivity contribution in [3.05, 3.63) is 88.0 Å². The van der Waals surface area contributed by atoms with Gasteiger partial charge in [0.05, 0.1) is 30.4 Å². The first-order valence-electron chi connectivity index (χ1n) is 12.1. The lowest BCUT2D eigenvalue weighted by Crippen LogP contribution is -2.41. The number of hydrogen-bond acceptors (Lipinski definition) is 5. The fraction of sp³-hybridized carbons (Fsp3) is 0.357. The third-order valence-electron chi connectivity index (χ3n) is 6.53. The number of nitrogens with one attached hydrogen (secondary N) is 1. The molecule has 0 radical (unpaired) electrons. The molecule has 1 saturated heterocycles. The standard InChI is InChI=1S/C28H28ClF3N2O4/c1-17-13-21(29)16-33-26(17)27(9-11-37-12-10-27)38-24-8-7-22(15-23(24)30)34-25(36)14-19-3-5-20(6-4-19)28(31,32)18(2)35/h3-8,13,15-16,18,35H,9-12,14H2,1-2H3,(H,34,36). The summed E-state index contributed by atoms with van der Waals surface area (Å²) in [5.41, 5.74) is 0.959. The molecule has 202 valence electrons. The van der Waals surface area contributed by atoms with Crippen LogP contribution in [0.4, 0.5) is 18.9 Å². The van der Waals surface area contributed by atoms with E-state index in [0.717, 1.165) is 18.6 Å². The predicted molar refractivity (Wildman–Crippen MR) is 137 cm³/mol. The van der Waals surface area contributed by atoms with Gasteiger partial charge in [-0.05, 0) is 43.2 Å². The summed E-state index contributed by atoms with van der Waals surface area (Å²) in [5, 5.41) is 12.4. The van der Waals surface area contributed by atoms with Crippen LogP contribution in [0.3, 0.4) is 0 Å². The van der Waals surface area contributed by atoms with Crippen LogP contribution in [-0.4, -0.2) is 35.3 Å². The highest BCUT2D eigenvalue weighted by molar-refractivity contribution is 6.30. The highest BCUT2D eigenvalue weighted by Crippen LogP contribution is 2.39. The van der Waals surface area contributed by atoms with Gasteiger partial charge in [-0.1, -0.05) is 35.9 Å². The maximum atomic E-state index is 15.1. The Morgan fingerprint density at radius 2 is 1.89 bits per heavy atom. The molecular weight excluding hydrogens is 521 g/mol. The van der Waals surface area contributed by atoms with Crippen LogP contribution in [0.25, 0.3) is 0 Å². The second-order valence-electron chi connectivity index (χ2n) is 9.39. The zero-order valence-electron chi connectivity index (χ0n) is 20.9. The minimum atomic E-state index is -3.40. The van der Waals surface area contributed by atoms with Crippen LogP contribution in [0.2, 0.25) is 5.02 Å². The molecule has 2 heterocycles. The topological polar surface area (TPSA) is 80.7 Å². The molecule has 2 aromatic carbocycles. The van der Waals surface area contributed by atoms with E-state index >= 15 is 4.39 Å². The molecule has 0 spiro atoms. The second-order valence-corrected chi connectivity index (χ2v) is 9.83. The lowest BCUT2D eigenvalue weighted by Gasteiger charge is -2.38. The molecule has 0 aliphatic carbocycles. The van der Waals surface area contributed by atoms with Crippen molar-refractivity contribution < 1.29 is 32.5 Å². The molecule has 1 amide bonds. The third-order valence-corrected chi connectivity index (χ3v) is 6.73. The van der Waals surface area contributed by atoms with Crippen LogP contribution in [-0.2, 0) is 27.5 Å². The number of halogens is 4. The van der Waals surface area contributed by atoms with Crippen molar-refractivity contribution >= 4 is 23.2 Å². The lowest BCUT2D eigenvalue weighted by molar-refractivity contribution is -0.115.